The van der Waals surface area contributed by atoms with Gasteiger partial charge in [0, 0.05) is 5.02 Å². The van der Waals surface area contributed by atoms with Gasteiger partial charge >= 0.3 is 12.1 Å². The van der Waals surface area contributed by atoms with Crippen molar-refractivity contribution in [1.29, 1.82) is 0 Å². The Morgan fingerprint density at radius 3 is 2.25 bits per heavy atom. The number of hydrogen-bond acceptors (Lipinski definition) is 5. The molecule has 7 heteroatoms. The number of halogens is 1. The van der Waals surface area contributed by atoms with Crippen LogP contribution in [0.5, 0.6) is 0 Å². The average Bonchev–Trinajstić information content (AvgIpc) is 3.02. The molecular weight excluding hydrogens is 382 g/mol. The van der Waals surface area contributed by atoms with Gasteiger partial charge in [0.05, 0.1) is 19.6 Å². The van der Waals surface area contributed by atoms with Gasteiger partial charge in [-0.05, 0) is 30.2 Å². The molecule has 0 unspecified atom stereocenters. The van der Waals surface area contributed by atoms with Crippen molar-refractivity contribution in [3.8, 4) is 0 Å². The van der Waals surface area contributed by atoms with Crippen LogP contribution in [0.1, 0.15) is 30.0 Å². The van der Waals surface area contributed by atoms with Gasteiger partial charge in [-0.3, -0.25) is 9.69 Å². The van der Waals surface area contributed by atoms with E-state index in [1.165, 1.54) is 12.0 Å². The predicted molar refractivity (Wildman–Crippen MR) is 103 cm³/mol. The molecule has 146 valence electrons. The number of rotatable bonds is 4. The Balaban J connectivity index is 2.16. The summed E-state index contributed by atoms with van der Waals surface area (Å²) in [7, 11) is 1.21. The van der Waals surface area contributed by atoms with E-state index in [1.807, 2.05) is 6.07 Å². The third-order valence-electron chi connectivity index (χ3n) is 4.73. The van der Waals surface area contributed by atoms with Crippen molar-refractivity contribution in [1.82, 2.24) is 4.90 Å². The second-order valence-electron chi connectivity index (χ2n) is 6.32. The summed E-state index contributed by atoms with van der Waals surface area (Å²) in [4.78, 5) is 40.0. The van der Waals surface area contributed by atoms with Crippen LogP contribution in [-0.2, 0) is 19.1 Å². The molecule has 0 N–H and O–H groups in total. The lowest BCUT2D eigenvalue weighted by Crippen LogP contribution is -2.44. The number of carbonyl (C=O) groups excluding carboxylic acids is 3. The number of methoxy groups -OCH3 is 1. The SMILES string of the molecule is CCOC(=O)[C@@H]1[C@@H](c2ccccc2)C(=O)[C@H](c2ccc(Cl)cc2)N1C(=O)OC. The highest BCUT2D eigenvalue weighted by Crippen LogP contribution is 2.43. The molecule has 0 radical (unpaired) electrons. The molecule has 2 aromatic carbocycles. The molecular formula is C21H20ClNO5. The number of nitrogens with zero attached hydrogens (tertiary/aromatic N) is 1. The van der Waals surface area contributed by atoms with E-state index in [0.29, 0.717) is 16.1 Å². The van der Waals surface area contributed by atoms with Gasteiger partial charge in [-0.1, -0.05) is 54.1 Å². The molecule has 3 atom stereocenters. The summed E-state index contributed by atoms with van der Waals surface area (Å²) in [5.41, 5.74) is 1.18. The summed E-state index contributed by atoms with van der Waals surface area (Å²) < 4.78 is 10.1. The summed E-state index contributed by atoms with van der Waals surface area (Å²) in [6, 6.07) is 13.4. The first-order valence-corrected chi connectivity index (χ1v) is 9.24. The smallest absolute Gasteiger partial charge is 0.411 e. The highest BCUT2D eigenvalue weighted by Gasteiger charge is 2.55. The minimum Gasteiger partial charge on any atom is -0.464 e. The van der Waals surface area contributed by atoms with E-state index in [2.05, 4.69) is 0 Å². The number of amides is 1. The van der Waals surface area contributed by atoms with Crippen LogP contribution in [-0.4, -0.2) is 42.5 Å². The monoisotopic (exact) mass is 401 g/mol. The molecule has 6 nitrogen and oxygen atoms in total. The lowest BCUT2D eigenvalue weighted by Gasteiger charge is -2.28. The fourth-order valence-corrected chi connectivity index (χ4v) is 3.69. The van der Waals surface area contributed by atoms with Gasteiger partial charge in [0.2, 0.25) is 0 Å². The lowest BCUT2D eigenvalue weighted by molar-refractivity contribution is -0.149. The number of likely N-dealkylation sites (tertiary alicyclic amines) is 1. The molecule has 1 heterocycles. The molecule has 3 rings (SSSR count). The summed E-state index contributed by atoms with van der Waals surface area (Å²) in [6.07, 6.45) is -0.773. The number of Topliss-reactive ketones (excluding diaryl/α,β-unsaturated/α-hetero) is 1. The number of carbonyl (C=O) groups is 3. The summed E-state index contributed by atoms with van der Waals surface area (Å²) in [6.45, 7) is 1.80. The van der Waals surface area contributed by atoms with E-state index >= 15 is 0 Å². The molecule has 0 aromatic heterocycles. The van der Waals surface area contributed by atoms with Crippen LogP contribution in [0.25, 0.3) is 0 Å². The molecule has 1 fully saturated rings. The highest BCUT2D eigenvalue weighted by atomic mass is 35.5. The van der Waals surface area contributed by atoms with E-state index in [9.17, 15) is 14.4 Å². The average molecular weight is 402 g/mol. The van der Waals surface area contributed by atoms with Gasteiger partial charge in [0.1, 0.15) is 12.1 Å². The number of hydrogen-bond donors (Lipinski definition) is 0. The van der Waals surface area contributed by atoms with Crippen molar-refractivity contribution >= 4 is 29.4 Å². The number of ketones is 1. The highest BCUT2D eigenvalue weighted by molar-refractivity contribution is 6.30. The first kappa shape index (κ1) is 19.9. The molecule has 28 heavy (non-hydrogen) atoms. The van der Waals surface area contributed by atoms with Crippen LogP contribution < -0.4 is 0 Å². The summed E-state index contributed by atoms with van der Waals surface area (Å²) in [5.74, 6) is -1.79. The van der Waals surface area contributed by atoms with Gasteiger partial charge in [0.15, 0.2) is 5.78 Å². The lowest BCUT2D eigenvalue weighted by atomic mass is 9.88. The van der Waals surface area contributed by atoms with Gasteiger partial charge in [0.25, 0.3) is 0 Å². The second-order valence-corrected chi connectivity index (χ2v) is 6.76. The van der Waals surface area contributed by atoms with Crippen LogP contribution in [0.15, 0.2) is 54.6 Å². The number of esters is 1. The Hall–Kier alpha value is -2.86. The van der Waals surface area contributed by atoms with Crippen LogP contribution in [0.4, 0.5) is 4.79 Å². The van der Waals surface area contributed by atoms with Crippen molar-refractivity contribution < 1.29 is 23.9 Å². The maximum absolute atomic E-state index is 13.5. The van der Waals surface area contributed by atoms with Crippen molar-refractivity contribution in [2.75, 3.05) is 13.7 Å². The Bertz CT molecular complexity index is 868. The van der Waals surface area contributed by atoms with Gasteiger partial charge in [-0.2, -0.15) is 0 Å². The zero-order valence-corrected chi connectivity index (χ0v) is 16.3. The third-order valence-corrected chi connectivity index (χ3v) is 4.98. The Morgan fingerprint density at radius 1 is 1.04 bits per heavy atom. The van der Waals surface area contributed by atoms with Gasteiger partial charge in [-0.15, -0.1) is 0 Å². The number of benzene rings is 2. The quantitative estimate of drug-likeness (QED) is 0.729. The minimum absolute atomic E-state index is 0.131. The van der Waals surface area contributed by atoms with Gasteiger partial charge in [-0.25, -0.2) is 9.59 Å². The van der Waals surface area contributed by atoms with E-state index < -0.39 is 30.1 Å². The normalized spacial score (nSPS) is 21.5. The minimum atomic E-state index is -1.12. The Morgan fingerprint density at radius 2 is 1.68 bits per heavy atom. The second kappa shape index (κ2) is 8.44. The van der Waals surface area contributed by atoms with Crippen molar-refractivity contribution in [2.24, 2.45) is 0 Å². The molecule has 0 aliphatic carbocycles. The largest absolute Gasteiger partial charge is 0.464 e. The molecule has 0 saturated carbocycles. The van der Waals surface area contributed by atoms with Gasteiger partial charge < -0.3 is 9.47 Å². The van der Waals surface area contributed by atoms with E-state index in [4.69, 9.17) is 21.1 Å². The zero-order valence-electron chi connectivity index (χ0n) is 15.5. The first-order chi connectivity index (χ1) is 13.5. The standard InChI is InChI=1S/C21H20ClNO5/c1-3-28-20(25)18-16(13-7-5-4-6-8-13)19(24)17(23(18)21(26)27-2)14-9-11-15(22)12-10-14/h4-12,16-18H,3H2,1-2H3/t16-,17+,18+/m1/s1. The third kappa shape index (κ3) is 3.60. The predicted octanol–water partition coefficient (Wildman–Crippen LogP) is 3.75. The maximum Gasteiger partial charge on any atom is 0.411 e. The van der Waals surface area contributed by atoms with Crippen molar-refractivity contribution in [2.45, 2.75) is 24.9 Å². The fraction of sp³-hybridized carbons (Fsp3) is 0.286. The maximum atomic E-state index is 13.5. The summed E-state index contributed by atoms with van der Waals surface area (Å²) >= 11 is 5.96. The Labute approximate surface area is 168 Å². The zero-order chi connectivity index (χ0) is 20.3. The molecule has 0 bridgehead atoms. The Kier molecular flexibility index (Phi) is 5.99. The topological polar surface area (TPSA) is 72.9 Å². The molecule has 0 spiro atoms. The molecule has 1 amide bonds. The summed E-state index contributed by atoms with van der Waals surface area (Å²) in [5, 5.41) is 0.500. The van der Waals surface area contributed by atoms with Crippen molar-refractivity contribution in [3.05, 3.63) is 70.7 Å². The van der Waals surface area contributed by atoms with Crippen LogP contribution >= 0.6 is 11.6 Å². The fourth-order valence-electron chi connectivity index (χ4n) is 3.56. The van der Waals surface area contributed by atoms with E-state index in [-0.39, 0.29) is 12.4 Å². The van der Waals surface area contributed by atoms with Crippen LogP contribution in [0.2, 0.25) is 5.02 Å². The number of ether oxygens (including phenoxy) is 2. The molecule has 1 aliphatic heterocycles. The van der Waals surface area contributed by atoms with E-state index in [1.54, 1.807) is 55.5 Å². The van der Waals surface area contributed by atoms with Crippen LogP contribution in [0.3, 0.4) is 0 Å². The van der Waals surface area contributed by atoms with E-state index in [0.717, 1.165) is 0 Å². The molecule has 2 aromatic rings. The van der Waals surface area contributed by atoms with Crippen molar-refractivity contribution in [3.63, 3.8) is 0 Å². The molecule has 1 aliphatic rings. The van der Waals surface area contributed by atoms with Crippen LogP contribution in [0, 0.1) is 0 Å². The first-order valence-electron chi connectivity index (χ1n) is 8.86. The molecule has 1 saturated heterocycles.